The number of carboxylic acid groups (broad SMARTS) is 1. The van der Waals surface area contributed by atoms with E-state index in [-0.39, 0.29) is 6.42 Å². The van der Waals surface area contributed by atoms with Crippen LogP contribution < -0.4 is 0 Å². The maximum Gasteiger partial charge on any atom is 0.332 e. The quantitative estimate of drug-likeness (QED) is 0.818. The largest absolute Gasteiger partial charge is 0.478 e. The van der Waals surface area contributed by atoms with Gasteiger partial charge in [-0.1, -0.05) is 30.3 Å². The van der Waals surface area contributed by atoms with Gasteiger partial charge < -0.3 is 9.52 Å². The lowest BCUT2D eigenvalue weighted by Gasteiger charge is -2.00. The van der Waals surface area contributed by atoms with E-state index < -0.39 is 5.97 Å². The standard InChI is InChI=1S/C14H12O3/c15-14(16)12(10-13-7-4-8-17-13)9-11-5-2-1-3-6-11/h1-9H,10H2,(H,15,16). The fourth-order valence-electron chi connectivity index (χ4n) is 1.54. The van der Waals surface area contributed by atoms with E-state index in [0.29, 0.717) is 11.3 Å². The molecule has 0 amide bonds. The second-order valence-corrected chi connectivity index (χ2v) is 3.64. The molecule has 17 heavy (non-hydrogen) atoms. The average molecular weight is 228 g/mol. The van der Waals surface area contributed by atoms with Crippen molar-refractivity contribution in [3.05, 3.63) is 65.6 Å². The summed E-state index contributed by atoms with van der Waals surface area (Å²) < 4.78 is 5.15. The Hall–Kier alpha value is -2.29. The van der Waals surface area contributed by atoms with Gasteiger partial charge in [-0.25, -0.2) is 4.79 Å². The smallest absolute Gasteiger partial charge is 0.332 e. The highest BCUT2D eigenvalue weighted by atomic mass is 16.4. The maximum atomic E-state index is 11.1. The molecule has 1 aromatic heterocycles. The highest BCUT2D eigenvalue weighted by Crippen LogP contribution is 2.13. The summed E-state index contributed by atoms with van der Waals surface area (Å²) in [5, 5.41) is 9.12. The molecule has 0 unspecified atom stereocenters. The third-order valence-electron chi connectivity index (χ3n) is 2.36. The molecular weight excluding hydrogens is 216 g/mol. The number of carbonyl (C=O) groups is 1. The molecule has 2 rings (SSSR count). The second-order valence-electron chi connectivity index (χ2n) is 3.64. The summed E-state index contributed by atoms with van der Waals surface area (Å²) in [6.45, 7) is 0. The van der Waals surface area contributed by atoms with Gasteiger partial charge in [-0.2, -0.15) is 0 Å². The summed E-state index contributed by atoms with van der Waals surface area (Å²) in [6, 6.07) is 12.9. The van der Waals surface area contributed by atoms with Crippen molar-refractivity contribution in [3.8, 4) is 0 Å². The predicted molar refractivity (Wildman–Crippen MR) is 64.5 cm³/mol. The lowest BCUT2D eigenvalue weighted by molar-refractivity contribution is -0.132. The van der Waals surface area contributed by atoms with Gasteiger partial charge in [0.1, 0.15) is 5.76 Å². The van der Waals surface area contributed by atoms with E-state index in [2.05, 4.69) is 0 Å². The van der Waals surface area contributed by atoms with Crippen molar-refractivity contribution < 1.29 is 14.3 Å². The molecule has 0 aliphatic rings. The molecule has 3 nitrogen and oxygen atoms in total. The Balaban J connectivity index is 2.24. The minimum absolute atomic E-state index is 0.289. The van der Waals surface area contributed by atoms with Crippen LogP contribution in [-0.4, -0.2) is 11.1 Å². The number of rotatable bonds is 4. The number of carboxylic acids is 1. The molecule has 0 aliphatic heterocycles. The van der Waals surface area contributed by atoms with Gasteiger partial charge in [0.25, 0.3) is 0 Å². The zero-order chi connectivity index (χ0) is 12.1. The van der Waals surface area contributed by atoms with Gasteiger partial charge >= 0.3 is 5.97 Å². The third-order valence-corrected chi connectivity index (χ3v) is 2.36. The van der Waals surface area contributed by atoms with Crippen molar-refractivity contribution in [2.24, 2.45) is 0 Å². The van der Waals surface area contributed by atoms with Gasteiger partial charge in [-0.3, -0.25) is 0 Å². The summed E-state index contributed by atoms with van der Waals surface area (Å²) in [7, 11) is 0. The molecule has 0 spiro atoms. The molecule has 0 atom stereocenters. The molecule has 3 heteroatoms. The van der Waals surface area contributed by atoms with Crippen molar-refractivity contribution in [1.29, 1.82) is 0 Å². The molecule has 0 saturated carbocycles. The van der Waals surface area contributed by atoms with Crippen LogP contribution >= 0.6 is 0 Å². The molecule has 2 aromatic rings. The van der Waals surface area contributed by atoms with Gasteiger partial charge in [-0.05, 0) is 23.8 Å². The first-order valence-corrected chi connectivity index (χ1v) is 5.27. The zero-order valence-electron chi connectivity index (χ0n) is 9.17. The highest BCUT2D eigenvalue weighted by molar-refractivity contribution is 5.92. The lowest BCUT2D eigenvalue weighted by Crippen LogP contribution is -2.03. The maximum absolute atomic E-state index is 11.1. The molecule has 0 saturated heterocycles. The van der Waals surface area contributed by atoms with Crippen molar-refractivity contribution in [2.75, 3.05) is 0 Å². The van der Waals surface area contributed by atoms with E-state index in [1.807, 2.05) is 30.3 Å². The second kappa shape index (κ2) is 5.16. The Morgan fingerprint density at radius 2 is 1.94 bits per heavy atom. The van der Waals surface area contributed by atoms with Crippen LogP contribution in [0.1, 0.15) is 11.3 Å². The summed E-state index contributed by atoms with van der Waals surface area (Å²) in [5.41, 5.74) is 1.18. The summed E-state index contributed by atoms with van der Waals surface area (Å²) in [5.74, 6) is -0.278. The van der Waals surface area contributed by atoms with Crippen LogP contribution in [0.4, 0.5) is 0 Å². The molecule has 0 fully saturated rings. The summed E-state index contributed by atoms with van der Waals surface area (Å²) >= 11 is 0. The number of aliphatic carboxylic acids is 1. The molecule has 0 aliphatic carbocycles. The van der Waals surface area contributed by atoms with Gasteiger partial charge in [-0.15, -0.1) is 0 Å². The topological polar surface area (TPSA) is 50.4 Å². The molecule has 0 radical (unpaired) electrons. The first-order valence-electron chi connectivity index (χ1n) is 5.27. The summed E-state index contributed by atoms with van der Waals surface area (Å²) in [4.78, 5) is 11.1. The van der Waals surface area contributed by atoms with Gasteiger partial charge in [0, 0.05) is 12.0 Å². The molecule has 1 aromatic carbocycles. The molecular formula is C14H12O3. The third kappa shape index (κ3) is 3.08. The van der Waals surface area contributed by atoms with Gasteiger partial charge in [0.05, 0.1) is 6.26 Å². The van der Waals surface area contributed by atoms with Gasteiger partial charge in [0.15, 0.2) is 0 Å². The van der Waals surface area contributed by atoms with Crippen LogP contribution in [0.5, 0.6) is 0 Å². The molecule has 1 N–H and O–H groups in total. The van der Waals surface area contributed by atoms with E-state index in [9.17, 15) is 4.79 Å². The summed E-state index contributed by atoms with van der Waals surface area (Å²) in [6.07, 6.45) is 3.49. The van der Waals surface area contributed by atoms with E-state index in [1.54, 1.807) is 18.2 Å². The Bertz CT molecular complexity index is 510. The van der Waals surface area contributed by atoms with Crippen LogP contribution in [0, 0.1) is 0 Å². The van der Waals surface area contributed by atoms with E-state index >= 15 is 0 Å². The number of hydrogen-bond acceptors (Lipinski definition) is 2. The Morgan fingerprint density at radius 1 is 1.18 bits per heavy atom. The van der Waals surface area contributed by atoms with E-state index in [0.717, 1.165) is 5.56 Å². The molecule has 86 valence electrons. The lowest BCUT2D eigenvalue weighted by atomic mass is 10.1. The van der Waals surface area contributed by atoms with Crippen LogP contribution in [-0.2, 0) is 11.2 Å². The monoisotopic (exact) mass is 228 g/mol. The Kier molecular flexibility index (Phi) is 3.40. The number of furan rings is 1. The fraction of sp³-hybridized carbons (Fsp3) is 0.0714. The van der Waals surface area contributed by atoms with E-state index in [1.165, 1.54) is 6.26 Å². The van der Waals surface area contributed by atoms with Crippen LogP contribution in [0.15, 0.2) is 58.7 Å². The van der Waals surface area contributed by atoms with E-state index in [4.69, 9.17) is 9.52 Å². The van der Waals surface area contributed by atoms with Crippen molar-refractivity contribution in [2.45, 2.75) is 6.42 Å². The first kappa shape index (κ1) is 11.2. The van der Waals surface area contributed by atoms with Crippen LogP contribution in [0.2, 0.25) is 0 Å². The number of benzene rings is 1. The number of hydrogen-bond donors (Lipinski definition) is 1. The Morgan fingerprint density at radius 3 is 2.53 bits per heavy atom. The SMILES string of the molecule is O=C(O)C(=Cc1ccccc1)Cc1ccco1. The zero-order valence-corrected chi connectivity index (χ0v) is 9.17. The highest BCUT2D eigenvalue weighted by Gasteiger charge is 2.09. The predicted octanol–water partition coefficient (Wildman–Crippen LogP) is 2.99. The average Bonchev–Trinajstić information content (AvgIpc) is 2.82. The molecule has 1 heterocycles. The van der Waals surface area contributed by atoms with Gasteiger partial charge in [0.2, 0.25) is 0 Å². The minimum Gasteiger partial charge on any atom is -0.478 e. The fourth-order valence-corrected chi connectivity index (χ4v) is 1.54. The first-order chi connectivity index (χ1) is 8.25. The minimum atomic E-state index is -0.926. The molecule has 0 bridgehead atoms. The normalized spacial score (nSPS) is 11.4. The van der Waals surface area contributed by atoms with Crippen molar-refractivity contribution >= 4 is 12.0 Å². The van der Waals surface area contributed by atoms with Crippen LogP contribution in [0.3, 0.4) is 0 Å². The Labute approximate surface area is 99.0 Å². The van der Waals surface area contributed by atoms with Crippen LogP contribution in [0.25, 0.3) is 6.08 Å². The van der Waals surface area contributed by atoms with Crippen molar-refractivity contribution in [3.63, 3.8) is 0 Å². The van der Waals surface area contributed by atoms with Crippen molar-refractivity contribution in [1.82, 2.24) is 0 Å².